The minimum Gasteiger partial charge on any atom is -0.379 e. The number of amides is 1. The number of piperidine rings is 1. The highest BCUT2D eigenvalue weighted by atomic mass is 16.5. The smallest absolute Gasteiger partial charge is 0.253 e. The zero-order valence-corrected chi connectivity index (χ0v) is 6.46. The second kappa shape index (κ2) is 3.90. The van der Waals surface area contributed by atoms with Gasteiger partial charge in [-0.1, -0.05) is 0 Å². The molecule has 1 rings (SSSR count). The molecule has 1 fully saturated rings. The lowest BCUT2D eigenvalue weighted by molar-refractivity contribution is -0.132. The van der Waals surface area contributed by atoms with Gasteiger partial charge in [-0.2, -0.15) is 0 Å². The van der Waals surface area contributed by atoms with Gasteiger partial charge in [0.2, 0.25) is 0 Å². The number of hydrogen-bond donors (Lipinski definition) is 3. The third-order valence-electron chi connectivity index (χ3n) is 1.87. The number of nitrogens with one attached hydrogen (secondary N) is 2. The number of carbonyl (C=O) groups is 1. The molecule has 5 heteroatoms. The van der Waals surface area contributed by atoms with Crippen LogP contribution in [0.2, 0.25) is 0 Å². The van der Waals surface area contributed by atoms with E-state index in [1.165, 1.54) is 5.48 Å². The van der Waals surface area contributed by atoms with Gasteiger partial charge in [0.05, 0.1) is 5.92 Å². The first-order chi connectivity index (χ1) is 5.79. The first-order valence-corrected chi connectivity index (χ1v) is 3.72. The van der Waals surface area contributed by atoms with E-state index >= 15 is 0 Å². The number of hydroxylamine groups is 1. The summed E-state index contributed by atoms with van der Waals surface area (Å²) in [6.07, 6.45) is 1.38. The van der Waals surface area contributed by atoms with Crippen LogP contribution in [-0.4, -0.2) is 23.6 Å². The van der Waals surface area contributed by atoms with E-state index in [1.807, 2.05) is 0 Å². The Morgan fingerprint density at radius 3 is 3.08 bits per heavy atom. The van der Waals surface area contributed by atoms with Crippen molar-refractivity contribution >= 4 is 11.8 Å². The average Bonchev–Trinajstić information content (AvgIpc) is 2.16. The van der Waals surface area contributed by atoms with Gasteiger partial charge >= 0.3 is 0 Å². The summed E-state index contributed by atoms with van der Waals surface area (Å²) in [5.41, 5.74) is 1.75. The molecule has 1 atom stereocenters. The molecule has 0 aliphatic carbocycles. The molecule has 0 spiro atoms. The molecule has 66 valence electrons. The van der Waals surface area contributed by atoms with E-state index in [9.17, 15) is 9.59 Å². The molecule has 1 aliphatic rings. The second-order valence-corrected chi connectivity index (χ2v) is 2.61. The van der Waals surface area contributed by atoms with Crippen molar-refractivity contribution in [3.8, 4) is 0 Å². The van der Waals surface area contributed by atoms with Crippen LogP contribution in [0, 0.1) is 5.92 Å². The average molecular weight is 170 g/mol. The lowest BCUT2D eigenvalue weighted by Gasteiger charge is -2.21. The maximum absolute atomic E-state index is 10.9. The first kappa shape index (κ1) is 8.77. The number of hydrogen-bond acceptors (Lipinski definition) is 4. The maximum Gasteiger partial charge on any atom is 0.253 e. The van der Waals surface area contributed by atoms with Crippen LogP contribution in [0.25, 0.3) is 0 Å². The largest absolute Gasteiger partial charge is 0.379 e. The molecule has 1 saturated heterocycles. The van der Waals surface area contributed by atoms with E-state index in [4.69, 9.17) is 5.21 Å². The van der Waals surface area contributed by atoms with Crippen molar-refractivity contribution in [2.45, 2.75) is 12.8 Å². The monoisotopic (exact) mass is 170 g/mol. The highest BCUT2D eigenvalue weighted by molar-refractivity contribution is 5.83. The van der Waals surface area contributed by atoms with Gasteiger partial charge in [-0.3, -0.25) is 10.0 Å². The molecule has 0 bridgehead atoms. The van der Waals surface area contributed by atoms with Gasteiger partial charge in [-0.05, 0) is 12.8 Å². The maximum atomic E-state index is 10.9. The summed E-state index contributed by atoms with van der Waals surface area (Å²) in [7, 11) is 0. The standard InChI is InChI=1S/C7H10N2O3/c10-4-6-5(7(11)9-12)2-1-3-8-6/h5,8,12H,1-3H2,(H,9,11). The summed E-state index contributed by atoms with van der Waals surface area (Å²) in [4.78, 5) is 21.2. The summed E-state index contributed by atoms with van der Waals surface area (Å²) in [6.45, 7) is 0.680. The quantitative estimate of drug-likeness (QED) is 0.274. The molecular formula is C7H10N2O3. The van der Waals surface area contributed by atoms with Gasteiger partial charge in [0, 0.05) is 6.54 Å². The van der Waals surface area contributed by atoms with Crippen molar-refractivity contribution in [2.24, 2.45) is 5.92 Å². The molecule has 0 saturated carbocycles. The predicted octanol–water partition coefficient (Wildman–Crippen LogP) is -0.793. The highest BCUT2D eigenvalue weighted by Crippen LogP contribution is 2.17. The molecule has 1 unspecified atom stereocenters. The summed E-state index contributed by atoms with van der Waals surface area (Å²) in [5.74, 6) is 0.529. The molecular weight excluding hydrogens is 160 g/mol. The highest BCUT2D eigenvalue weighted by Gasteiger charge is 2.26. The van der Waals surface area contributed by atoms with E-state index in [2.05, 4.69) is 5.32 Å². The third-order valence-corrected chi connectivity index (χ3v) is 1.87. The van der Waals surface area contributed by atoms with Gasteiger partial charge in [0.1, 0.15) is 11.6 Å². The van der Waals surface area contributed by atoms with Crippen LogP contribution in [0.4, 0.5) is 0 Å². The normalized spacial score (nSPS) is 22.4. The Morgan fingerprint density at radius 2 is 2.50 bits per heavy atom. The van der Waals surface area contributed by atoms with Crippen LogP contribution in [0.5, 0.6) is 0 Å². The summed E-state index contributed by atoms with van der Waals surface area (Å²) >= 11 is 0. The summed E-state index contributed by atoms with van der Waals surface area (Å²) < 4.78 is 0. The Balaban J connectivity index is 2.72. The van der Waals surface area contributed by atoms with E-state index in [0.29, 0.717) is 13.0 Å². The molecule has 3 N–H and O–H groups in total. The Hall–Kier alpha value is -1.32. The molecule has 0 aromatic carbocycles. The van der Waals surface area contributed by atoms with Crippen molar-refractivity contribution in [3.63, 3.8) is 0 Å². The lowest BCUT2D eigenvalue weighted by atomic mass is 9.96. The predicted molar refractivity (Wildman–Crippen MR) is 39.9 cm³/mol. The Morgan fingerprint density at radius 1 is 1.75 bits per heavy atom. The molecule has 0 aromatic heterocycles. The topological polar surface area (TPSA) is 78.4 Å². The Labute approximate surface area is 69.4 Å². The van der Waals surface area contributed by atoms with Crippen LogP contribution in [-0.2, 0) is 9.59 Å². The van der Waals surface area contributed by atoms with Crippen molar-refractivity contribution in [1.29, 1.82) is 0 Å². The van der Waals surface area contributed by atoms with Crippen LogP contribution < -0.4 is 10.8 Å². The Kier molecular flexibility index (Phi) is 2.85. The van der Waals surface area contributed by atoms with E-state index in [-0.39, 0.29) is 5.70 Å². The number of rotatable bonds is 1. The second-order valence-electron chi connectivity index (χ2n) is 2.61. The minimum absolute atomic E-state index is 0.229. The van der Waals surface area contributed by atoms with Crippen molar-refractivity contribution in [3.05, 3.63) is 5.70 Å². The fraction of sp³-hybridized carbons (Fsp3) is 0.571. The molecule has 12 heavy (non-hydrogen) atoms. The summed E-state index contributed by atoms with van der Waals surface area (Å²) in [5, 5.41) is 11.1. The Bertz CT molecular complexity index is 233. The van der Waals surface area contributed by atoms with E-state index < -0.39 is 11.8 Å². The molecule has 0 aromatic rings. The minimum atomic E-state index is -0.568. The molecule has 0 radical (unpaired) electrons. The summed E-state index contributed by atoms with van der Waals surface area (Å²) in [6, 6.07) is 0. The van der Waals surface area contributed by atoms with Gasteiger partial charge in [-0.15, -0.1) is 0 Å². The molecule has 5 nitrogen and oxygen atoms in total. The van der Waals surface area contributed by atoms with Crippen LogP contribution in [0.15, 0.2) is 5.70 Å². The third kappa shape index (κ3) is 1.64. The van der Waals surface area contributed by atoms with E-state index in [0.717, 1.165) is 6.42 Å². The van der Waals surface area contributed by atoms with Crippen LogP contribution in [0.1, 0.15) is 12.8 Å². The van der Waals surface area contributed by atoms with Gasteiger partial charge in [-0.25, -0.2) is 10.3 Å². The molecule has 1 aliphatic heterocycles. The van der Waals surface area contributed by atoms with Crippen molar-refractivity contribution in [1.82, 2.24) is 10.8 Å². The van der Waals surface area contributed by atoms with Gasteiger partial charge in [0.25, 0.3) is 5.91 Å². The van der Waals surface area contributed by atoms with Gasteiger partial charge < -0.3 is 5.32 Å². The first-order valence-electron chi connectivity index (χ1n) is 3.72. The van der Waals surface area contributed by atoms with Crippen LogP contribution >= 0.6 is 0 Å². The van der Waals surface area contributed by atoms with Crippen molar-refractivity contribution < 1.29 is 14.8 Å². The molecule has 1 amide bonds. The fourth-order valence-electron chi connectivity index (χ4n) is 1.24. The van der Waals surface area contributed by atoms with E-state index in [1.54, 1.807) is 5.94 Å². The fourth-order valence-corrected chi connectivity index (χ4v) is 1.24. The zero-order valence-electron chi connectivity index (χ0n) is 6.46. The molecule has 1 heterocycles. The zero-order chi connectivity index (χ0) is 8.97. The SMILES string of the molecule is O=C=C1NCCCC1C(=O)NO. The van der Waals surface area contributed by atoms with Crippen LogP contribution in [0.3, 0.4) is 0 Å². The van der Waals surface area contributed by atoms with Gasteiger partial charge in [0.15, 0.2) is 0 Å². The lowest BCUT2D eigenvalue weighted by Crippen LogP contribution is -2.38. The number of carbonyl (C=O) groups excluding carboxylic acids is 2. The van der Waals surface area contributed by atoms with Crippen molar-refractivity contribution in [2.75, 3.05) is 6.54 Å².